The van der Waals surface area contributed by atoms with Crippen molar-refractivity contribution in [3.8, 4) is 0 Å². The zero-order chi connectivity index (χ0) is 17.6. The molecular weight excluding hydrogens is 286 g/mol. The molecule has 3 nitrogen and oxygen atoms in total. The Morgan fingerprint density at radius 1 is 0.870 bits per heavy atom. The predicted octanol–water partition coefficient (Wildman–Crippen LogP) is 5.57. The Morgan fingerprint density at radius 3 is 1.70 bits per heavy atom. The Kier molecular flexibility index (Phi) is 13.5. The molecule has 0 rings (SSSR count). The Morgan fingerprint density at radius 2 is 1.30 bits per heavy atom. The average Bonchev–Trinajstić information content (AvgIpc) is 2.57. The first kappa shape index (κ1) is 22.4. The number of hydrogen-bond donors (Lipinski definition) is 0. The molecule has 0 fully saturated rings. The van der Waals surface area contributed by atoms with E-state index in [4.69, 9.17) is 4.74 Å². The van der Waals surface area contributed by atoms with Crippen LogP contribution >= 0.6 is 0 Å². The zero-order valence-electron chi connectivity index (χ0n) is 16.5. The van der Waals surface area contributed by atoms with Crippen LogP contribution in [0.1, 0.15) is 97.8 Å². The number of carbonyl (C=O) groups excluding carboxylic acids is 1. The molecule has 1 atom stereocenters. The Hall–Kier alpha value is -0.570. The predicted molar refractivity (Wildman–Crippen MR) is 99.8 cm³/mol. The average molecular weight is 328 g/mol. The molecule has 0 saturated heterocycles. The van der Waals surface area contributed by atoms with Crippen LogP contribution in [0, 0.1) is 0 Å². The lowest BCUT2D eigenvalue weighted by atomic mass is 9.96. The summed E-state index contributed by atoms with van der Waals surface area (Å²) in [6, 6.07) is 0. The molecular formula is C20H41NO2. The lowest BCUT2D eigenvalue weighted by Gasteiger charge is -2.35. The highest BCUT2D eigenvalue weighted by atomic mass is 16.5. The van der Waals surface area contributed by atoms with E-state index < -0.39 is 5.54 Å². The van der Waals surface area contributed by atoms with Gasteiger partial charge in [0.25, 0.3) is 0 Å². The van der Waals surface area contributed by atoms with E-state index in [1.165, 1.54) is 77.7 Å². The molecule has 0 aliphatic heterocycles. The van der Waals surface area contributed by atoms with Gasteiger partial charge >= 0.3 is 5.97 Å². The molecule has 0 radical (unpaired) electrons. The lowest BCUT2D eigenvalue weighted by molar-refractivity contribution is -0.153. The van der Waals surface area contributed by atoms with Crippen molar-refractivity contribution in [1.29, 1.82) is 0 Å². The smallest absolute Gasteiger partial charge is 0.325 e. The summed E-state index contributed by atoms with van der Waals surface area (Å²) >= 11 is 0. The third-order valence-electron chi connectivity index (χ3n) is 5.25. The minimum absolute atomic E-state index is 0.120. The highest BCUT2D eigenvalue weighted by molar-refractivity contribution is 5.80. The summed E-state index contributed by atoms with van der Waals surface area (Å²) in [5, 5.41) is 0. The molecule has 0 amide bonds. The highest BCUT2D eigenvalue weighted by Crippen LogP contribution is 2.20. The minimum atomic E-state index is -0.479. The molecule has 0 aromatic heterocycles. The van der Waals surface area contributed by atoms with Gasteiger partial charge in [0.1, 0.15) is 5.54 Å². The van der Waals surface area contributed by atoms with E-state index in [0.717, 1.165) is 13.0 Å². The second-order valence-electron chi connectivity index (χ2n) is 7.08. The van der Waals surface area contributed by atoms with E-state index in [2.05, 4.69) is 11.8 Å². The Labute approximate surface area is 145 Å². The van der Waals surface area contributed by atoms with Gasteiger partial charge in [0.2, 0.25) is 0 Å². The fraction of sp³-hybridized carbons (Fsp3) is 0.950. The summed E-state index contributed by atoms with van der Waals surface area (Å²) in [4.78, 5) is 14.1. The standard InChI is InChI=1S/C20H41NO2/c1-6-8-9-10-11-12-13-14-15-16-17-18-21(4)20(3,7-2)19(22)23-5/h6-18H2,1-5H3. The number of rotatable bonds is 15. The van der Waals surface area contributed by atoms with Crippen molar-refractivity contribution < 1.29 is 9.53 Å². The van der Waals surface area contributed by atoms with E-state index in [1.807, 2.05) is 20.9 Å². The van der Waals surface area contributed by atoms with Gasteiger partial charge in [-0.15, -0.1) is 0 Å². The van der Waals surface area contributed by atoms with Crippen LogP contribution in [0.2, 0.25) is 0 Å². The SMILES string of the molecule is CCCCCCCCCCCCCN(C)C(C)(CC)C(=O)OC. The maximum absolute atomic E-state index is 11.9. The van der Waals surface area contributed by atoms with E-state index in [-0.39, 0.29) is 5.97 Å². The number of nitrogens with zero attached hydrogens (tertiary/aromatic N) is 1. The zero-order valence-corrected chi connectivity index (χ0v) is 16.5. The molecule has 0 N–H and O–H groups in total. The van der Waals surface area contributed by atoms with Gasteiger partial charge in [-0.3, -0.25) is 9.69 Å². The molecule has 0 aliphatic carbocycles. The molecule has 0 saturated carbocycles. The van der Waals surface area contributed by atoms with Crippen LogP contribution < -0.4 is 0 Å². The second-order valence-corrected chi connectivity index (χ2v) is 7.08. The van der Waals surface area contributed by atoms with E-state index in [1.54, 1.807) is 0 Å². The summed E-state index contributed by atoms with van der Waals surface area (Å²) in [5.74, 6) is -0.120. The summed E-state index contributed by atoms with van der Waals surface area (Å²) < 4.78 is 4.95. The number of hydrogen-bond acceptors (Lipinski definition) is 3. The fourth-order valence-electron chi connectivity index (χ4n) is 3.05. The van der Waals surface area contributed by atoms with Crippen LogP contribution in [0.3, 0.4) is 0 Å². The molecule has 0 aromatic rings. The topological polar surface area (TPSA) is 29.5 Å². The van der Waals surface area contributed by atoms with E-state index in [0.29, 0.717) is 0 Å². The number of methoxy groups -OCH3 is 1. The first-order valence-corrected chi connectivity index (χ1v) is 9.82. The van der Waals surface area contributed by atoms with Gasteiger partial charge in [-0.2, -0.15) is 0 Å². The largest absolute Gasteiger partial charge is 0.468 e. The van der Waals surface area contributed by atoms with Crippen LogP contribution in [-0.2, 0) is 9.53 Å². The number of esters is 1. The van der Waals surface area contributed by atoms with E-state index >= 15 is 0 Å². The van der Waals surface area contributed by atoms with Gasteiger partial charge in [0.05, 0.1) is 7.11 Å². The molecule has 0 aliphatic rings. The van der Waals surface area contributed by atoms with Crippen LogP contribution in [0.5, 0.6) is 0 Å². The van der Waals surface area contributed by atoms with Gasteiger partial charge in [-0.05, 0) is 33.4 Å². The first-order valence-electron chi connectivity index (χ1n) is 9.82. The molecule has 0 spiro atoms. The lowest BCUT2D eigenvalue weighted by Crippen LogP contribution is -2.51. The summed E-state index contributed by atoms with van der Waals surface area (Å²) in [6.07, 6.45) is 15.7. The van der Waals surface area contributed by atoms with Crippen LogP contribution in [-0.4, -0.2) is 37.1 Å². The summed E-state index contributed by atoms with van der Waals surface area (Å²) in [6.45, 7) is 7.27. The maximum Gasteiger partial charge on any atom is 0.325 e. The quantitative estimate of drug-likeness (QED) is 0.291. The van der Waals surface area contributed by atoms with Crippen LogP contribution in [0.25, 0.3) is 0 Å². The Balaban J connectivity index is 3.62. The number of likely N-dealkylation sites (N-methyl/N-ethyl adjacent to an activating group) is 1. The number of carbonyl (C=O) groups is 1. The molecule has 0 aromatic carbocycles. The summed E-state index contributed by atoms with van der Waals surface area (Å²) in [5.41, 5.74) is -0.479. The maximum atomic E-state index is 11.9. The molecule has 23 heavy (non-hydrogen) atoms. The summed E-state index contributed by atoms with van der Waals surface area (Å²) in [7, 11) is 3.52. The molecule has 1 unspecified atom stereocenters. The van der Waals surface area contributed by atoms with Gasteiger partial charge < -0.3 is 4.74 Å². The second kappa shape index (κ2) is 13.8. The van der Waals surface area contributed by atoms with Crippen LogP contribution in [0.4, 0.5) is 0 Å². The van der Waals surface area contributed by atoms with Gasteiger partial charge in [-0.1, -0.05) is 78.1 Å². The van der Waals surface area contributed by atoms with Gasteiger partial charge in [0.15, 0.2) is 0 Å². The third kappa shape index (κ3) is 9.34. The monoisotopic (exact) mass is 327 g/mol. The minimum Gasteiger partial charge on any atom is -0.468 e. The van der Waals surface area contributed by atoms with Crippen LogP contribution in [0.15, 0.2) is 0 Å². The molecule has 0 bridgehead atoms. The van der Waals surface area contributed by atoms with Crippen molar-refractivity contribution in [3.05, 3.63) is 0 Å². The molecule has 138 valence electrons. The third-order valence-corrected chi connectivity index (χ3v) is 5.25. The normalized spacial score (nSPS) is 14.0. The highest BCUT2D eigenvalue weighted by Gasteiger charge is 2.36. The number of unbranched alkanes of at least 4 members (excludes halogenated alkanes) is 10. The van der Waals surface area contributed by atoms with Gasteiger partial charge in [0, 0.05) is 0 Å². The van der Waals surface area contributed by atoms with Crippen molar-refractivity contribution >= 4 is 5.97 Å². The molecule has 3 heteroatoms. The molecule has 0 heterocycles. The Bertz CT molecular complexity index is 293. The van der Waals surface area contributed by atoms with Crippen molar-refractivity contribution in [2.24, 2.45) is 0 Å². The van der Waals surface area contributed by atoms with Crippen molar-refractivity contribution in [2.45, 2.75) is 103 Å². The van der Waals surface area contributed by atoms with Crippen molar-refractivity contribution in [1.82, 2.24) is 4.90 Å². The first-order chi connectivity index (χ1) is 11.0. The van der Waals surface area contributed by atoms with Gasteiger partial charge in [-0.25, -0.2) is 0 Å². The van der Waals surface area contributed by atoms with Crippen molar-refractivity contribution in [2.75, 3.05) is 20.7 Å². The number of ether oxygens (including phenoxy) is 1. The van der Waals surface area contributed by atoms with Crippen molar-refractivity contribution in [3.63, 3.8) is 0 Å². The van der Waals surface area contributed by atoms with E-state index in [9.17, 15) is 4.79 Å². The fourth-order valence-corrected chi connectivity index (χ4v) is 3.05.